The maximum Gasteiger partial charge on any atom is 0.159 e. The fraction of sp³-hybridized carbons (Fsp3) is 0.0500. The highest BCUT2D eigenvalue weighted by Gasteiger charge is 2.11. The monoisotopic (exact) mass is 331 g/mol. The fourth-order valence-corrected chi connectivity index (χ4v) is 2.87. The van der Waals surface area contributed by atoms with Gasteiger partial charge < -0.3 is 5.32 Å². The molecule has 0 atom stereocenters. The van der Waals surface area contributed by atoms with Crippen LogP contribution in [-0.2, 0) is 0 Å². The van der Waals surface area contributed by atoms with Gasteiger partial charge in [-0.25, -0.2) is 9.37 Å². The molecular weight excluding hydrogens is 317 g/mol. The van der Waals surface area contributed by atoms with Crippen molar-refractivity contribution in [3.8, 4) is 0 Å². The summed E-state index contributed by atoms with van der Waals surface area (Å²) in [5.41, 5.74) is 1.89. The smallest absolute Gasteiger partial charge is 0.159 e. The number of rotatable bonds is 3. The molecule has 122 valence electrons. The number of pyridine rings is 2. The number of hydrogen-bond donors (Lipinski definition) is 1. The number of ketones is 1. The van der Waals surface area contributed by atoms with Gasteiger partial charge in [0.25, 0.3) is 0 Å². The minimum absolute atomic E-state index is 0.0189. The van der Waals surface area contributed by atoms with E-state index in [9.17, 15) is 9.18 Å². The third-order valence-corrected chi connectivity index (χ3v) is 4.09. The SMILES string of the molecule is CC(=O)c1ccc2c(c1)nc(Nc1cccc(F)c1)c1ccncc12. The van der Waals surface area contributed by atoms with Crippen molar-refractivity contribution in [1.82, 2.24) is 9.97 Å². The predicted molar refractivity (Wildman–Crippen MR) is 96.7 cm³/mol. The van der Waals surface area contributed by atoms with E-state index in [1.807, 2.05) is 12.1 Å². The number of nitrogens with zero attached hydrogens (tertiary/aromatic N) is 2. The van der Waals surface area contributed by atoms with E-state index in [-0.39, 0.29) is 11.6 Å². The molecule has 2 heterocycles. The van der Waals surface area contributed by atoms with Gasteiger partial charge in [0.05, 0.1) is 5.52 Å². The summed E-state index contributed by atoms with van der Waals surface area (Å²) in [6, 6.07) is 13.5. The molecule has 0 unspecified atom stereocenters. The zero-order valence-corrected chi connectivity index (χ0v) is 13.5. The Kier molecular flexibility index (Phi) is 3.61. The van der Waals surface area contributed by atoms with Crippen LogP contribution in [0.1, 0.15) is 17.3 Å². The molecule has 4 aromatic rings. The Morgan fingerprint density at radius 1 is 1.04 bits per heavy atom. The van der Waals surface area contributed by atoms with Gasteiger partial charge in [-0.05, 0) is 37.3 Å². The zero-order valence-electron chi connectivity index (χ0n) is 13.5. The van der Waals surface area contributed by atoms with E-state index in [1.165, 1.54) is 19.1 Å². The van der Waals surface area contributed by atoms with Crippen molar-refractivity contribution in [2.75, 3.05) is 5.32 Å². The molecule has 0 radical (unpaired) electrons. The van der Waals surface area contributed by atoms with Gasteiger partial charge >= 0.3 is 0 Å². The van der Waals surface area contributed by atoms with E-state index in [0.29, 0.717) is 22.6 Å². The Morgan fingerprint density at radius 2 is 1.92 bits per heavy atom. The summed E-state index contributed by atoms with van der Waals surface area (Å²) in [6.45, 7) is 1.52. The first-order chi connectivity index (χ1) is 12.1. The van der Waals surface area contributed by atoms with Crippen molar-refractivity contribution < 1.29 is 9.18 Å². The van der Waals surface area contributed by atoms with Crippen LogP contribution in [0.3, 0.4) is 0 Å². The Morgan fingerprint density at radius 3 is 2.72 bits per heavy atom. The van der Waals surface area contributed by atoms with Crippen molar-refractivity contribution in [3.63, 3.8) is 0 Å². The number of carbonyl (C=O) groups is 1. The minimum atomic E-state index is -0.323. The molecule has 0 fully saturated rings. The van der Waals surface area contributed by atoms with E-state index in [2.05, 4.69) is 15.3 Å². The molecule has 0 aliphatic rings. The molecule has 25 heavy (non-hydrogen) atoms. The van der Waals surface area contributed by atoms with E-state index in [1.54, 1.807) is 36.7 Å². The number of benzene rings is 2. The lowest BCUT2D eigenvalue weighted by atomic mass is 10.0. The molecule has 0 saturated heterocycles. The van der Waals surface area contributed by atoms with Crippen LogP contribution in [0.4, 0.5) is 15.9 Å². The van der Waals surface area contributed by atoms with E-state index < -0.39 is 0 Å². The summed E-state index contributed by atoms with van der Waals surface area (Å²) in [7, 11) is 0. The van der Waals surface area contributed by atoms with Crippen LogP contribution in [-0.4, -0.2) is 15.8 Å². The second-order valence-electron chi connectivity index (χ2n) is 5.81. The van der Waals surface area contributed by atoms with Crippen LogP contribution in [0.25, 0.3) is 21.7 Å². The van der Waals surface area contributed by atoms with E-state index >= 15 is 0 Å². The second-order valence-corrected chi connectivity index (χ2v) is 5.81. The van der Waals surface area contributed by atoms with Gasteiger partial charge in [-0.15, -0.1) is 0 Å². The van der Waals surface area contributed by atoms with Crippen LogP contribution in [0.15, 0.2) is 60.9 Å². The lowest BCUT2D eigenvalue weighted by molar-refractivity contribution is 0.101. The van der Waals surface area contributed by atoms with Crippen molar-refractivity contribution >= 4 is 39.0 Å². The van der Waals surface area contributed by atoms with Crippen molar-refractivity contribution in [3.05, 3.63) is 72.3 Å². The highest BCUT2D eigenvalue weighted by Crippen LogP contribution is 2.31. The Balaban J connectivity index is 1.96. The summed E-state index contributed by atoms with van der Waals surface area (Å²) < 4.78 is 13.5. The number of anilines is 2. The van der Waals surface area contributed by atoms with E-state index in [0.717, 1.165) is 16.2 Å². The quantitative estimate of drug-likeness (QED) is 0.430. The molecule has 5 heteroatoms. The third-order valence-electron chi connectivity index (χ3n) is 4.09. The van der Waals surface area contributed by atoms with Gasteiger partial charge in [-0.3, -0.25) is 9.78 Å². The summed E-state index contributed by atoms with van der Waals surface area (Å²) in [5.74, 6) is 0.251. The molecule has 0 spiro atoms. The molecule has 0 amide bonds. The Hall–Kier alpha value is -3.34. The number of hydrogen-bond acceptors (Lipinski definition) is 4. The Bertz CT molecular complexity index is 1120. The molecule has 4 nitrogen and oxygen atoms in total. The lowest BCUT2D eigenvalue weighted by Gasteiger charge is -2.12. The molecular formula is C20H14FN3O. The lowest BCUT2D eigenvalue weighted by Crippen LogP contribution is -1.98. The molecule has 2 aromatic heterocycles. The van der Waals surface area contributed by atoms with Gasteiger partial charge in [0.1, 0.15) is 11.6 Å². The largest absolute Gasteiger partial charge is 0.340 e. The molecule has 0 aliphatic heterocycles. The number of nitrogens with one attached hydrogen (secondary N) is 1. The number of carbonyl (C=O) groups excluding carboxylic acids is 1. The van der Waals surface area contributed by atoms with Gasteiger partial charge in [0, 0.05) is 39.8 Å². The van der Waals surface area contributed by atoms with E-state index in [4.69, 9.17) is 0 Å². The zero-order chi connectivity index (χ0) is 17.4. The highest BCUT2D eigenvalue weighted by molar-refractivity contribution is 6.11. The van der Waals surface area contributed by atoms with Crippen molar-refractivity contribution in [1.29, 1.82) is 0 Å². The molecule has 0 aliphatic carbocycles. The second kappa shape index (κ2) is 5.94. The van der Waals surface area contributed by atoms with Crippen LogP contribution >= 0.6 is 0 Å². The summed E-state index contributed by atoms with van der Waals surface area (Å²) in [5, 5.41) is 5.87. The van der Waals surface area contributed by atoms with Gasteiger partial charge in [-0.2, -0.15) is 0 Å². The fourth-order valence-electron chi connectivity index (χ4n) is 2.87. The summed E-state index contributed by atoms with van der Waals surface area (Å²) in [4.78, 5) is 20.5. The van der Waals surface area contributed by atoms with Crippen LogP contribution in [0.2, 0.25) is 0 Å². The first-order valence-electron chi connectivity index (χ1n) is 7.83. The minimum Gasteiger partial charge on any atom is -0.340 e. The number of aromatic nitrogens is 2. The van der Waals surface area contributed by atoms with Gasteiger partial charge in [-0.1, -0.05) is 18.2 Å². The average molecular weight is 331 g/mol. The van der Waals surface area contributed by atoms with Crippen molar-refractivity contribution in [2.45, 2.75) is 6.92 Å². The molecule has 2 aromatic carbocycles. The van der Waals surface area contributed by atoms with Gasteiger partial charge in [0.2, 0.25) is 0 Å². The molecule has 1 N–H and O–H groups in total. The third kappa shape index (κ3) is 2.80. The summed E-state index contributed by atoms with van der Waals surface area (Å²) >= 11 is 0. The van der Waals surface area contributed by atoms with Gasteiger partial charge in [0.15, 0.2) is 5.78 Å². The highest BCUT2D eigenvalue weighted by atomic mass is 19.1. The molecule has 4 rings (SSSR count). The normalized spacial score (nSPS) is 11.0. The topological polar surface area (TPSA) is 54.9 Å². The molecule has 0 bridgehead atoms. The average Bonchev–Trinajstić information content (AvgIpc) is 2.61. The number of Topliss-reactive ketones (excluding diaryl/α,β-unsaturated/α-hetero) is 1. The maximum absolute atomic E-state index is 13.5. The first-order valence-corrected chi connectivity index (χ1v) is 7.83. The summed E-state index contributed by atoms with van der Waals surface area (Å²) in [6.07, 6.45) is 3.46. The van der Waals surface area contributed by atoms with Crippen LogP contribution < -0.4 is 5.32 Å². The van der Waals surface area contributed by atoms with Crippen molar-refractivity contribution in [2.24, 2.45) is 0 Å². The Labute approximate surface area is 143 Å². The number of halogens is 1. The number of fused-ring (bicyclic) bond motifs is 3. The maximum atomic E-state index is 13.5. The standard InChI is InChI=1S/C20H14FN3O/c1-12(25)13-5-6-16-18-11-22-8-7-17(18)20(24-19(16)9-13)23-15-4-2-3-14(21)10-15/h2-11H,1H3,(H,23,24). The predicted octanol–water partition coefficient (Wildman–Crippen LogP) is 4.87. The van der Waals surface area contributed by atoms with Crippen LogP contribution in [0, 0.1) is 5.82 Å². The first kappa shape index (κ1) is 15.2. The van der Waals surface area contributed by atoms with Crippen LogP contribution in [0.5, 0.6) is 0 Å². The molecule has 0 saturated carbocycles.